The van der Waals surface area contributed by atoms with Crippen LogP contribution in [-0.4, -0.2) is 65.2 Å². The number of amides is 3. The molecule has 3 aliphatic heterocycles. The van der Waals surface area contributed by atoms with E-state index >= 15 is 0 Å². The first kappa shape index (κ1) is 25.6. The summed E-state index contributed by atoms with van der Waals surface area (Å²) in [7, 11) is 0. The molecule has 1 spiro atoms. The smallest absolute Gasteiger partial charge is 0.245 e. The third kappa shape index (κ3) is 5.09. The maximum Gasteiger partial charge on any atom is 0.245 e. The van der Waals surface area contributed by atoms with Gasteiger partial charge in [0.2, 0.25) is 17.7 Å². The highest BCUT2D eigenvalue weighted by molar-refractivity contribution is 5.98. The van der Waals surface area contributed by atoms with Crippen LogP contribution >= 0.6 is 0 Å². The number of ether oxygens (including phenoxy) is 1. The Balaban J connectivity index is 1.52. The van der Waals surface area contributed by atoms with Gasteiger partial charge in [-0.3, -0.25) is 14.4 Å². The number of nitrogens with zero attached hydrogens (tertiary/aromatic N) is 1. The molecule has 0 radical (unpaired) electrons. The lowest BCUT2D eigenvalue weighted by atomic mass is 9.70. The first-order valence-electron chi connectivity index (χ1n) is 13.2. The van der Waals surface area contributed by atoms with Crippen molar-refractivity contribution in [2.45, 2.75) is 82.6 Å². The van der Waals surface area contributed by atoms with E-state index in [1.807, 2.05) is 30.3 Å². The van der Waals surface area contributed by atoms with Crippen molar-refractivity contribution in [2.24, 2.45) is 11.8 Å². The second-order valence-corrected chi connectivity index (χ2v) is 10.1. The zero-order valence-corrected chi connectivity index (χ0v) is 20.7. The lowest BCUT2D eigenvalue weighted by Crippen LogP contribution is -2.55. The molecule has 0 saturated carbocycles. The van der Waals surface area contributed by atoms with Crippen LogP contribution < -0.4 is 10.6 Å². The number of aliphatic hydroxyl groups is 1. The van der Waals surface area contributed by atoms with Gasteiger partial charge in [0.05, 0.1) is 17.9 Å². The second-order valence-electron chi connectivity index (χ2n) is 10.1. The zero-order chi connectivity index (χ0) is 24.8. The highest BCUT2D eigenvalue weighted by Gasteiger charge is 2.74. The minimum absolute atomic E-state index is 0.107. The molecule has 4 rings (SSSR count). The summed E-state index contributed by atoms with van der Waals surface area (Å²) in [6.45, 7) is 3.61. The average Bonchev–Trinajstić information content (AvgIpc) is 3.51. The van der Waals surface area contributed by atoms with Gasteiger partial charge in [-0.25, -0.2) is 0 Å². The van der Waals surface area contributed by atoms with E-state index in [1.165, 1.54) is 0 Å². The van der Waals surface area contributed by atoms with E-state index in [2.05, 4.69) is 17.6 Å². The van der Waals surface area contributed by atoms with Crippen molar-refractivity contribution in [2.75, 3.05) is 19.7 Å². The van der Waals surface area contributed by atoms with E-state index < -0.39 is 23.5 Å². The van der Waals surface area contributed by atoms with Crippen molar-refractivity contribution in [3.8, 4) is 0 Å². The summed E-state index contributed by atoms with van der Waals surface area (Å²) in [5.74, 6) is -1.73. The van der Waals surface area contributed by atoms with E-state index in [4.69, 9.17) is 9.84 Å². The molecule has 3 amide bonds. The minimum Gasteiger partial charge on any atom is -0.396 e. The molecule has 8 nitrogen and oxygen atoms in total. The number of unbranched alkanes of at least 4 members (excludes halogenated alkanes) is 4. The fourth-order valence-electron chi connectivity index (χ4n) is 6.15. The first-order chi connectivity index (χ1) is 17.0. The van der Waals surface area contributed by atoms with Gasteiger partial charge in [-0.2, -0.15) is 0 Å². The van der Waals surface area contributed by atoms with Gasteiger partial charge in [0.1, 0.15) is 11.6 Å². The fourth-order valence-corrected chi connectivity index (χ4v) is 6.15. The maximum atomic E-state index is 13.8. The van der Waals surface area contributed by atoms with Crippen LogP contribution in [-0.2, 0) is 25.7 Å². The molecule has 35 heavy (non-hydrogen) atoms. The van der Waals surface area contributed by atoms with Crippen molar-refractivity contribution in [1.82, 2.24) is 15.5 Å². The Bertz CT molecular complexity index is 894. The molecule has 2 unspecified atom stereocenters. The number of carbonyl (C=O) groups excluding carboxylic acids is 3. The Morgan fingerprint density at radius 2 is 1.89 bits per heavy atom. The third-order valence-corrected chi connectivity index (χ3v) is 7.80. The molecule has 0 aliphatic carbocycles. The van der Waals surface area contributed by atoms with Gasteiger partial charge in [0.25, 0.3) is 0 Å². The Morgan fingerprint density at radius 1 is 1.09 bits per heavy atom. The van der Waals surface area contributed by atoms with Crippen LogP contribution in [0.2, 0.25) is 0 Å². The standard InChI is InChI=1S/C27H39N3O5/c1-2-3-8-15-28-25(33)23-27-14-13-20(35-27)21(24(32)29-18-19-11-6-4-7-12-19)22(27)26(34)30(23)16-9-5-10-17-31/h4,6-7,11-12,20-23,31H,2-3,5,8-10,13-18H2,1H3,(H,28,33)(H,29,32)/t20-,21+,22-,23?,27?/m0/s1. The molecule has 3 aliphatic rings. The zero-order valence-electron chi connectivity index (χ0n) is 20.7. The summed E-state index contributed by atoms with van der Waals surface area (Å²) in [6.07, 6.45) is 6.05. The maximum absolute atomic E-state index is 13.8. The highest BCUT2D eigenvalue weighted by atomic mass is 16.5. The third-order valence-electron chi connectivity index (χ3n) is 7.80. The molecule has 192 valence electrons. The van der Waals surface area contributed by atoms with Crippen molar-refractivity contribution >= 4 is 17.7 Å². The molecule has 3 heterocycles. The van der Waals surface area contributed by atoms with E-state index in [9.17, 15) is 14.4 Å². The van der Waals surface area contributed by atoms with Crippen LogP contribution in [0.1, 0.15) is 63.9 Å². The molecule has 5 atom stereocenters. The molecular weight excluding hydrogens is 446 g/mol. The number of hydrogen-bond acceptors (Lipinski definition) is 5. The van der Waals surface area contributed by atoms with Crippen molar-refractivity contribution in [3.05, 3.63) is 35.9 Å². The van der Waals surface area contributed by atoms with Gasteiger partial charge in [-0.05, 0) is 44.1 Å². The lowest BCUT2D eigenvalue weighted by Gasteiger charge is -2.33. The number of aliphatic hydroxyl groups excluding tert-OH is 1. The first-order valence-corrected chi connectivity index (χ1v) is 13.2. The average molecular weight is 486 g/mol. The number of nitrogens with one attached hydrogen (secondary N) is 2. The van der Waals surface area contributed by atoms with Crippen LogP contribution in [0, 0.1) is 11.8 Å². The number of fused-ring (bicyclic) bond motifs is 1. The lowest BCUT2D eigenvalue weighted by molar-refractivity contribution is -0.142. The van der Waals surface area contributed by atoms with E-state index in [0.29, 0.717) is 45.3 Å². The minimum atomic E-state index is -0.942. The summed E-state index contributed by atoms with van der Waals surface area (Å²) < 4.78 is 6.43. The normalized spacial score (nSPS) is 28.9. The van der Waals surface area contributed by atoms with Gasteiger partial charge in [-0.15, -0.1) is 0 Å². The van der Waals surface area contributed by atoms with Gasteiger partial charge in [0.15, 0.2) is 0 Å². The van der Waals surface area contributed by atoms with Crippen molar-refractivity contribution in [3.63, 3.8) is 0 Å². The van der Waals surface area contributed by atoms with Crippen LogP contribution in [0.4, 0.5) is 0 Å². The van der Waals surface area contributed by atoms with Gasteiger partial charge < -0.3 is 25.4 Å². The van der Waals surface area contributed by atoms with Crippen LogP contribution in [0.5, 0.6) is 0 Å². The molecule has 8 heteroatoms. The topological polar surface area (TPSA) is 108 Å². The molecule has 1 aromatic rings. The van der Waals surface area contributed by atoms with Gasteiger partial charge in [-0.1, -0.05) is 50.1 Å². The number of rotatable bonds is 13. The van der Waals surface area contributed by atoms with Crippen molar-refractivity contribution in [1.29, 1.82) is 0 Å². The molecule has 3 fully saturated rings. The van der Waals surface area contributed by atoms with E-state index in [0.717, 1.165) is 31.2 Å². The molecule has 3 N–H and O–H groups in total. The van der Waals surface area contributed by atoms with E-state index in [-0.39, 0.29) is 30.4 Å². The van der Waals surface area contributed by atoms with E-state index in [1.54, 1.807) is 4.90 Å². The van der Waals surface area contributed by atoms with Gasteiger partial charge in [0, 0.05) is 26.2 Å². The predicted octanol–water partition coefficient (Wildman–Crippen LogP) is 2.15. The summed E-state index contributed by atoms with van der Waals surface area (Å²) >= 11 is 0. The Hall–Kier alpha value is -2.45. The highest BCUT2D eigenvalue weighted by Crippen LogP contribution is 2.58. The quantitative estimate of drug-likeness (QED) is 0.371. The summed E-state index contributed by atoms with van der Waals surface area (Å²) in [6, 6.07) is 8.97. The molecular formula is C27H39N3O5. The Labute approximate surface area is 207 Å². The summed E-state index contributed by atoms with van der Waals surface area (Å²) in [5, 5.41) is 15.2. The summed E-state index contributed by atoms with van der Waals surface area (Å²) in [5.41, 5.74) is 0.0507. The Morgan fingerprint density at radius 3 is 2.63 bits per heavy atom. The largest absolute Gasteiger partial charge is 0.396 e. The summed E-state index contributed by atoms with van der Waals surface area (Å²) in [4.78, 5) is 42.2. The van der Waals surface area contributed by atoms with Crippen molar-refractivity contribution < 1.29 is 24.2 Å². The number of hydrogen-bond donors (Lipinski definition) is 3. The van der Waals surface area contributed by atoms with Crippen LogP contribution in [0.15, 0.2) is 30.3 Å². The second kappa shape index (κ2) is 11.5. The molecule has 2 bridgehead atoms. The molecule has 3 saturated heterocycles. The number of carbonyl (C=O) groups is 3. The molecule has 1 aromatic carbocycles. The van der Waals surface area contributed by atoms with Crippen LogP contribution in [0.25, 0.3) is 0 Å². The Kier molecular flexibility index (Phi) is 8.44. The number of benzene rings is 1. The number of likely N-dealkylation sites (tertiary alicyclic amines) is 1. The monoisotopic (exact) mass is 485 g/mol. The fraction of sp³-hybridized carbons (Fsp3) is 0.667. The SMILES string of the molecule is CCCCCNC(=O)C1N(CCCCCO)C(=O)[C@@H]2[C@H](C(=O)NCc3ccccc3)[C@@H]3CCC12O3. The van der Waals surface area contributed by atoms with Crippen LogP contribution in [0.3, 0.4) is 0 Å². The van der Waals surface area contributed by atoms with Gasteiger partial charge >= 0.3 is 0 Å². The predicted molar refractivity (Wildman–Crippen MR) is 131 cm³/mol. The molecule has 0 aromatic heterocycles.